The Kier molecular flexibility index (Phi) is 7.41. The molecule has 0 fully saturated rings. The molecule has 1 aliphatic rings. The Balaban J connectivity index is 1.44. The molecule has 0 amide bonds. The fraction of sp³-hybridized carbons (Fsp3) is 0.429. The van der Waals surface area contributed by atoms with Crippen LogP contribution in [0.4, 0.5) is 0 Å². The highest BCUT2D eigenvalue weighted by Crippen LogP contribution is 2.35. The van der Waals surface area contributed by atoms with Crippen LogP contribution < -0.4 is 14.8 Å². The number of nitrogens with one attached hydrogen (secondary N) is 1. The standard InChI is InChI=1S/C21H27NO4S/c1-24-19-8-7-15(11-20(19)25-2)13-26-14-16(23)12-22-18-9-10-27-21-6-4-3-5-17(18)21/h3-8,11,16,18,22-23H,9-10,12-14H2,1-2H3/t16-,18-/m0/s1. The lowest BCUT2D eigenvalue weighted by molar-refractivity contribution is 0.0274. The summed E-state index contributed by atoms with van der Waals surface area (Å²) >= 11 is 1.90. The van der Waals surface area contributed by atoms with Gasteiger partial charge in [0.25, 0.3) is 0 Å². The van der Waals surface area contributed by atoms with Gasteiger partial charge in [0.15, 0.2) is 11.5 Å². The number of thioether (sulfide) groups is 1. The van der Waals surface area contributed by atoms with Crippen molar-refractivity contribution in [2.75, 3.05) is 33.1 Å². The summed E-state index contributed by atoms with van der Waals surface area (Å²) in [5.74, 6) is 2.46. The minimum atomic E-state index is -0.549. The molecule has 0 unspecified atom stereocenters. The average Bonchev–Trinajstić information content (AvgIpc) is 2.72. The van der Waals surface area contributed by atoms with E-state index < -0.39 is 6.10 Å². The number of hydrogen-bond acceptors (Lipinski definition) is 6. The van der Waals surface area contributed by atoms with Crippen LogP contribution in [0, 0.1) is 0 Å². The van der Waals surface area contributed by atoms with Crippen molar-refractivity contribution >= 4 is 11.8 Å². The Bertz CT molecular complexity index is 740. The highest BCUT2D eigenvalue weighted by Gasteiger charge is 2.20. The zero-order valence-electron chi connectivity index (χ0n) is 15.8. The van der Waals surface area contributed by atoms with Gasteiger partial charge in [-0.15, -0.1) is 11.8 Å². The van der Waals surface area contributed by atoms with Crippen LogP contribution in [-0.2, 0) is 11.3 Å². The number of methoxy groups -OCH3 is 2. The lowest BCUT2D eigenvalue weighted by atomic mass is 10.0. The molecular formula is C21H27NO4S. The van der Waals surface area contributed by atoms with Crippen LogP contribution in [0.2, 0.25) is 0 Å². The monoisotopic (exact) mass is 389 g/mol. The second-order valence-corrected chi connectivity index (χ2v) is 7.63. The Hall–Kier alpha value is -1.73. The smallest absolute Gasteiger partial charge is 0.161 e. The first-order valence-corrected chi connectivity index (χ1v) is 10.1. The predicted octanol–water partition coefficient (Wildman–Crippen LogP) is 3.41. The largest absolute Gasteiger partial charge is 0.493 e. The lowest BCUT2D eigenvalue weighted by Gasteiger charge is -2.27. The summed E-state index contributed by atoms with van der Waals surface area (Å²) in [6.07, 6.45) is 0.521. The van der Waals surface area contributed by atoms with Crippen LogP contribution in [0.1, 0.15) is 23.6 Å². The number of aliphatic hydroxyl groups is 1. The summed E-state index contributed by atoms with van der Waals surface area (Å²) in [5, 5.41) is 13.7. The van der Waals surface area contributed by atoms with Crippen LogP contribution in [0.15, 0.2) is 47.4 Å². The second kappa shape index (κ2) is 9.99. The number of ether oxygens (including phenoxy) is 3. The normalized spacial score (nSPS) is 17.2. The molecule has 2 N–H and O–H groups in total. The van der Waals surface area contributed by atoms with E-state index in [0.717, 1.165) is 17.7 Å². The molecule has 2 atom stereocenters. The van der Waals surface area contributed by atoms with Crippen molar-refractivity contribution in [3.05, 3.63) is 53.6 Å². The van der Waals surface area contributed by atoms with E-state index in [1.165, 1.54) is 10.5 Å². The topological polar surface area (TPSA) is 60.0 Å². The first kappa shape index (κ1) is 20.0. The van der Waals surface area contributed by atoms with Gasteiger partial charge in [-0.2, -0.15) is 0 Å². The van der Waals surface area contributed by atoms with Gasteiger partial charge in [0.05, 0.1) is 33.5 Å². The van der Waals surface area contributed by atoms with Gasteiger partial charge in [0.2, 0.25) is 0 Å². The highest BCUT2D eigenvalue weighted by atomic mass is 32.2. The van der Waals surface area contributed by atoms with Crippen molar-refractivity contribution in [1.29, 1.82) is 0 Å². The van der Waals surface area contributed by atoms with Gasteiger partial charge in [-0.25, -0.2) is 0 Å². The first-order chi connectivity index (χ1) is 13.2. The van der Waals surface area contributed by atoms with Crippen LogP contribution >= 0.6 is 11.8 Å². The van der Waals surface area contributed by atoms with E-state index in [1.807, 2.05) is 30.0 Å². The van der Waals surface area contributed by atoms with Crippen LogP contribution in [-0.4, -0.2) is 44.3 Å². The summed E-state index contributed by atoms with van der Waals surface area (Å²) in [5.41, 5.74) is 2.30. The Labute approximate surface area is 165 Å². The number of aliphatic hydroxyl groups excluding tert-OH is 1. The van der Waals surface area contributed by atoms with E-state index in [2.05, 4.69) is 29.6 Å². The van der Waals surface area contributed by atoms with Crippen molar-refractivity contribution in [2.45, 2.75) is 30.1 Å². The molecule has 1 aliphatic heterocycles. The van der Waals surface area contributed by atoms with E-state index in [0.29, 0.717) is 30.7 Å². The molecule has 3 rings (SSSR count). The molecule has 0 saturated heterocycles. The predicted molar refractivity (Wildman–Crippen MR) is 108 cm³/mol. The number of hydrogen-bond donors (Lipinski definition) is 2. The molecule has 1 heterocycles. The van der Waals surface area contributed by atoms with E-state index in [-0.39, 0.29) is 6.61 Å². The van der Waals surface area contributed by atoms with Gasteiger partial charge in [-0.05, 0) is 41.5 Å². The van der Waals surface area contributed by atoms with E-state index in [1.54, 1.807) is 14.2 Å². The third-order valence-corrected chi connectivity index (χ3v) is 5.71. The quantitative estimate of drug-likeness (QED) is 0.685. The molecule has 146 valence electrons. The van der Waals surface area contributed by atoms with Crippen molar-refractivity contribution < 1.29 is 19.3 Å². The zero-order chi connectivity index (χ0) is 19.1. The second-order valence-electron chi connectivity index (χ2n) is 6.49. The van der Waals surface area contributed by atoms with Gasteiger partial charge in [-0.1, -0.05) is 24.3 Å². The van der Waals surface area contributed by atoms with Gasteiger partial charge >= 0.3 is 0 Å². The van der Waals surface area contributed by atoms with Gasteiger partial charge in [-0.3, -0.25) is 0 Å². The summed E-state index contributed by atoms with van der Waals surface area (Å²) in [6, 6.07) is 14.4. The third kappa shape index (κ3) is 5.39. The fourth-order valence-corrected chi connectivity index (χ4v) is 4.30. The minimum absolute atomic E-state index is 0.282. The molecule has 0 saturated carbocycles. The summed E-state index contributed by atoms with van der Waals surface area (Å²) in [7, 11) is 3.22. The first-order valence-electron chi connectivity index (χ1n) is 9.13. The van der Waals surface area contributed by atoms with Crippen molar-refractivity contribution in [2.24, 2.45) is 0 Å². The summed E-state index contributed by atoms with van der Waals surface area (Å²) in [4.78, 5) is 1.33. The van der Waals surface area contributed by atoms with Gasteiger partial charge in [0.1, 0.15) is 0 Å². The molecular weight excluding hydrogens is 362 g/mol. The maximum atomic E-state index is 10.3. The zero-order valence-corrected chi connectivity index (χ0v) is 16.6. The Morgan fingerprint density at radius 3 is 2.78 bits per heavy atom. The Morgan fingerprint density at radius 1 is 1.15 bits per heavy atom. The van der Waals surface area contributed by atoms with Crippen molar-refractivity contribution in [1.82, 2.24) is 5.32 Å². The van der Waals surface area contributed by atoms with Crippen LogP contribution in [0.5, 0.6) is 11.5 Å². The highest BCUT2D eigenvalue weighted by molar-refractivity contribution is 7.99. The molecule has 0 radical (unpaired) electrons. The molecule has 6 heteroatoms. The molecule has 0 spiro atoms. The number of benzene rings is 2. The summed E-state index contributed by atoms with van der Waals surface area (Å²) in [6.45, 7) is 1.21. The minimum Gasteiger partial charge on any atom is -0.493 e. The van der Waals surface area contributed by atoms with Gasteiger partial charge < -0.3 is 24.6 Å². The number of fused-ring (bicyclic) bond motifs is 1. The third-order valence-electron chi connectivity index (χ3n) is 4.59. The molecule has 2 aromatic rings. The lowest BCUT2D eigenvalue weighted by Crippen LogP contribution is -2.34. The van der Waals surface area contributed by atoms with Gasteiger partial charge in [0, 0.05) is 17.5 Å². The van der Waals surface area contributed by atoms with E-state index >= 15 is 0 Å². The maximum Gasteiger partial charge on any atom is 0.161 e. The SMILES string of the molecule is COc1ccc(COC[C@@H](O)CN[C@H]2CCSc3ccccc32)cc1OC. The molecule has 0 aromatic heterocycles. The maximum absolute atomic E-state index is 10.3. The average molecular weight is 390 g/mol. The summed E-state index contributed by atoms with van der Waals surface area (Å²) < 4.78 is 16.2. The molecule has 5 nitrogen and oxygen atoms in total. The fourth-order valence-electron chi connectivity index (χ4n) is 3.17. The number of rotatable bonds is 9. The Morgan fingerprint density at radius 2 is 1.96 bits per heavy atom. The van der Waals surface area contributed by atoms with Crippen LogP contribution in [0.3, 0.4) is 0 Å². The van der Waals surface area contributed by atoms with Crippen molar-refractivity contribution in [3.63, 3.8) is 0 Å². The van der Waals surface area contributed by atoms with E-state index in [4.69, 9.17) is 14.2 Å². The molecule has 27 heavy (non-hydrogen) atoms. The van der Waals surface area contributed by atoms with Crippen LogP contribution in [0.25, 0.3) is 0 Å². The molecule has 0 aliphatic carbocycles. The van der Waals surface area contributed by atoms with Crippen molar-refractivity contribution in [3.8, 4) is 11.5 Å². The van der Waals surface area contributed by atoms with E-state index in [9.17, 15) is 5.11 Å². The molecule has 0 bridgehead atoms. The molecule has 2 aromatic carbocycles.